The fraction of sp³-hybridized carbons (Fsp3) is 0.615. The maximum absolute atomic E-state index is 4.44. The summed E-state index contributed by atoms with van der Waals surface area (Å²) in [5.74, 6) is 0.539. The summed E-state index contributed by atoms with van der Waals surface area (Å²) in [6.45, 7) is 8.36. The van der Waals surface area contributed by atoms with Crippen LogP contribution in [0.2, 0.25) is 0 Å². The van der Waals surface area contributed by atoms with Crippen LogP contribution in [0, 0.1) is 5.92 Å². The molecule has 0 fully saturated rings. The summed E-state index contributed by atoms with van der Waals surface area (Å²) in [6, 6.07) is 0. The number of nitrogens with one attached hydrogen (secondary N) is 1. The van der Waals surface area contributed by atoms with Gasteiger partial charge in [0.1, 0.15) is 0 Å². The fourth-order valence-electron chi connectivity index (χ4n) is 1.89. The zero-order chi connectivity index (χ0) is 11.3. The standard InChI is InChI=1S/C13H22N2/c1-5-6-7-8-12-9-15-13(10(12)2)11(3)14-4/h9,12,14H,3,5-8H2,1-2,4H3. The van der Waals surface area contributed by atoms with Crippen LogP contribution >= 0.6 is 0 Å². The first-order valence-electron chi connectivity index (χ1n) is 5.82. The zero-order valence-electron chi connectivity index (χ0n) is 10.1. The molecule has 0 aromatic carbocycles. The van der Waals surface area contributed by atoms with Gasteiger partial charge < -0.3 is 5.32 Å². The number of unbranched alkanes of at least 4 members (excludes halogenated alkanes) is 2. The van der Waals surface area contributed by atoms with Crippen LogP contribution in [-0.2, 0) is 0 Å². The predicted molar refractivity (Wildman–Crippen MR) is 67.0 cm³/mol. The van der Waals surface area contributed by atoms with Crippen LogP contribution < -0.4 is 5.32 Å². The third-order valence-corrected chi connectivity index (χ3v) is 3.02. The van der Waals surface area contributed by atoms with Gasteiger partial charge in [0.15, 0.2) is 0 Å². The molecule has 1 aliphatic heterocycles. The molecule has 0 aromatic heterocycles. The van der Waals surface area contributed by atoms with E-state index in [0.29, 0.717) is 5.92 Å². The van der Waals surface area contributed by atoms with Crippen molar-refractivity contribution in [3.63, 3.8) is 0 Å². The van der Waals surface area contributed by atoms with Gasteiger partial charge in [0.25, 0.3) is 0 Å². The first kappa shape index (κ1) is 12.0. The van der Waals surface area contributed by atoms with Crippen LogP contribution in [0.5, 0.6) is 0 Å². The second kappa shape index (κ2) is 5.74. The lowest BCUT2D eigenvalue weighted by Gasteiger charge is -2.10. The van der Waals surface area contributed by atoms with Crippen LogP contribution in [0.15, 0.2) is 28.5 Å². The van der Waals surface area contributed by atoms with Gasteiger partial charge in [-0.1, -0.05) is 32.8 Å². The summed E-state index contributed by atoms with van der Waals surface area (Å²) in [5.41, 5.74) is 3.35. The van der Waals surface area contributed by atoms with Crippen molar-refractivity contribution < 1.29 is 0 Å². The normalized spacial score (nSPS) is 19.8. The number of hydrogen-bond acceptors (Lipinski definition) is 2. The van der Waals surface area contributed by atoms with Crippen molar-refractivity contribution in [1.29, 1.82) is 0 Å². The predicted octanol–water partition coefficient (Wildman–Crippen LogP) is 3.27. The minimum absolute atomic E-state index is 0.539. The largest absolute Gasteiger partial charge is 0.387 e. The lowest BCUT2D eigenvalue weighted by Crippen LogP contribution is -2.07. The number of allylic oxidation sites excluding steroid dienone is 1. The van der Waals surface area contributed by atoms with E-state index in [9.17, 15) is 0 Å². The average Bonchev–Trinajstić information content (AvgIpc) is 2.60. The summed E-state index contributed by atoms with van der Waals surface area (Å²) in [7, 11) is 1.89. The van der Waals surface area contributed by atoms with Gasteiger partial charge in [0, 0.05) is 19.2 Å². The molecular weight excluding hydrogens is 184 g/mol. The molecule has 0 spiro atoms. The summed E-state index contributed by atoms with van der Waals surface area (Å²) in [6.07, 6.45) is 7.19. The smallest absolute Gasteiger partial charge is 0.0846 e. The highest BCUT2D eigenvalue weighted by atomic mass is 14.9. The van der Waals surface area contributed by atoms with Crippen LogP contribution in [0.4, 0.5) is 0 Å². The molecule has 2 heteroatoms. The van der Waals surface area contributed by atoms with Crippen LogP contribution in [0.3, 0.4) is 0 Å². The zero-order valence-corrected chi connectivity index (χ0v) is 10.1. The van der Waals surface area contributed by atoms with Crippen molar-refractivity contribution in [2.45, 2.75) is 39.5 Å². The van der Waals surface area contributed by atoms with E-state index in [-0.39, 0.29) is 0 Å². The molecule has 0 saturated carbocycles. The van der Waals surface area contributed by atoms with Gasteiger partial charge in [-0.3, -0.25) is 4.99 Å². The van der Waals surface area contributed by atoms with Crippen LogP contribution in [0.25, 0.3) is 0 Å². The topological polar surface area (TPSA) is 24.4 Å². The highest BCUT2D eigenvalue weighted by Crippen LogP contribution is 2.28. The number of likely N-dealkylation sites (N-methyl/N-ethyl adjacent to an activating group) is 1. The first-order valence-corrected chi connectivity index (χ1v) is 5.82. The monoisotopic (exact) mass is 206 g/mol. The Bertz CT molecular complexity index is 287. The molecule has 1 N–H and O–H groups in total. The Balaban J connectivity index is 2.54. The molecule has 1 aliphatic rings. The Labute approximate surface area is 93.2 Å². The van der Waals surface area contributed by atoms with E-state index < -0.39 is 0 Å². The Morgan fingerprint density at radius 2 is 2.27 bits per heavy atom. The van der Waals surface area contributed by atoms with Gasteiger partial charge in [0.05, 0.1) is 11.4 Å². The van der Waals surface area contributed by atoms with Crippen molar-refractivity contribution in [3.8, 4) is 0 Å². The quantitative estimate of drug-likeness (QED) is 0.663. The summed E-state index contributed by atoms with van der Waals surface area (Å²) in [5, 5.41) is 3.06. The van der Waals surface area contributed by atoms with Crippen molar-refractivity contribution in [2.75, 3.05) is 7.05 Å². The van der Waals surface area contributed by atoms with Crippen molar-refractivity contribution in [3.05, 3.63) is 23.5 Å². The minimum atomic E-state index is 0.539. The maximum Gasteiger partial charge on any atom is 0.0846 e. The lowest BCUT2D eigenvalue weighted by atomic mass is 9.95. The minimum Gasteiger partial charge on any atom is -0.387 e. The van der Waals surface area contributed by atoms with Gasteiger partial charge in [-0.25, -0.2) is 0 Å². The van der Waals surface area contributed by atoms with Crippen molar-refractivity contribution in [1.82, 2.24) is 5.32 Å². The van der Waals surface area contributed by atoms with Crippen molar-refractivity contribution in [2.24, 2.45) is 10.9 Å². The van der Waals surface area contributed by atoms with E-state index in [4.69, 9.17) is 0 Å². The van der Waals surface area contributed by atoms with E-state index in [1.807, 2.05) is 7.05 Å². The SMILES string of the molecule is C=C(NC)C1=C(C)C(CCCCC)C=N1. The average molecular weight is 206 g/mol. The molecule has 0 saturated heterocycles. The van der Waals surface area contributed by atoms with Crippen molar-refractivity contribution >= 4 is 6.21 Å². The number of rotatable bonds is 6. The third-order valence-electron chi connectivity index (χ3n) is 3.02. The number of nitrogens with zero attached hydrogens (tertiary/aromatic N) is 1. The maximum atomic E-state index is 4.44. The molecule has 2 nitrogen and oxygen atoms in total. The van der Waals surface area contributed by atoms with E-state index >= 15 is 0 Å². The molecule has 1 heterocycles. The van der Waals surface area contributed by atoms with Crippen LogP contribution in [0.1, 0.15) is 39.5 Å². The summed E-state index contributed by atoms with van der Waals surface area (Å²) < 4.78 is 0. The van der Waals surface area contributed by atoms with Gasteiger partial charge in [-0.15, -0.1) is 0 Å². The van der Waals surface area contributed by atoms with Gasteiger partial charge in [0.2, 0.25) is 0 Å². The molecular formula is C13H22N2. The highest BCUT2D eigenvalue weighted by molar-refractivity contribution is 5.72. The number of hydrogen-bond donors (Lipinski definition) is 1. The second-order valence-electron chi connectivity index (χ2n) is 4.14. The Kier molecular flexibility index (Phi) is 4.60. The molecule has 84 valence electrons. The molecule has 0 radical (unpaired) electrons. The second-order valence-corrected chi connectivity index (χ2v) is 4.14. The molecule has 1 atom stereocenters. The fourth-order valence-corrected chi connectivity index (χ4v) is 1.89. The molecule has 1 rings (SSSR count). The molecule has 15 heavy (non-hydrogen) atoms. The van der Waals surface area contributed by atoms with E-state index in [1.54, 1.807) is 0 Å². The highest BCUT2D eigenvalue weighted by Gasteiger charge is 2.18. The molecule has 0 aliphatic carbocycles. The molecule has 0 amide bonds. The molecule has 1 unspecified atom stereocenters. The van der Waals surface area contributed by atoms with Gasteiger partial charge >= 0.3 is 0 Å². The summed E-state index contributed by atoms with van der Waals surface area (Å²) >= 11 is 0. The third kappa shape index (κ3) is 2.95. The lowest BCUT2D eigenvalue weighted by molar-refractivity contribution is 0.620. The molecule has 0 aromatic rings. The molecule has 0 bridgehead atoms. The van der Waals surface area contributed by atoms with Gasteiger partial charge in [-0.2, -0.15) is 0 Å². The van der Waals surface area contributed by atoms with E-state index in [0.717, 1.165) is 11.4 Å². The Morgan fingerprint density at radius 1 is 1.53 bits per heavy atom. The summed E-state index contributed by atoms with van der Waals surface area (Å²) in [4.78, 5) is 4.44. The number of aliphatic imine (C=N–C) groups is 1. The first-order chi connectivity index (χ1) is 7.20. The van der Waals surface area contributed by atoms with E-state index in [1.165, 1.54) is 31.3 Å². The Morgan fingerprint density at radius 3 is 2.87 bits per heavy atom. The van der Waals surface area contributed by atoms with Gasteiger partial charge in [-0.05, 0) is 18.9 Å². The van der Waals surface area contributed by atoms with Crippen LogP contribution in [-0.4, -0.2) is 13.3 Å². The Hall–Kier alpha value is -1.05. The van der Waals surface area contributed by atoms with E-state index in [2.05, 4.69) is 37.0 Å².